The molecule has 122 valence electrons. The second-order valence-electron chi connectivity index (χ2n) is 5.14. The minimum absolute atomic E-state index is 0.375. The minimum Gasteiger partial charge on any atom is -0.491 e. The van der Waals surface area contributed by atoms with Crippen LogP contribution in [0.1, 0.15) is 11.1 Å². The molecule has 0 radical (unpaired) electrons. The Bertz CT molecular complexity index is 642. The molecule has 0 aliphatic heterocycles. The molecule has 0 aliphatic rings. The quantitative estimate of drug-likeness (QED) is 0.468. The van der Waals surface area contributed by atoms with E-state index in [0.717, 1.165) is 22.6 Å². The second kappa shape index (κ2) is 8.80. The Hall–Kier alpha value is -2.53. The molecule has 0 unspecified atom stereocenters. The van der Waals surface area contributed by atoms with E-state index in [2.05, 4.69) is 10.3 Å². The fourth-order valence-electron chi connectivity index (χ4n) is 2.04. The Morgan fingerprint density at radius 1 is 1.13 bits per heavy atom. The van der Waals surface area contributed by atoms with E-state index in [1.165, 1.54) is 0 Å². The average molecular weight is 313 g/mol. The number of anilines is 1. The van der Waals surface area contributed by atoms with Crippen LogP contribution in [0.15, 0.2) is 53.5 Å². The molecule has 5 heteroatoms. The highest BCUT2D eigenvalue weighted by atomic mass is 16.5. The van der Waals surface area contributed by atoms with Crippen molar-refractivity contribution in [3.63, 3.8) is 0 Å². The first-order chi connectivity index (χ1) is 11.2. The first-order valence-electron chi connectivity index (χ1n) is 7.52. The van der Waals surface area contributed by atoms with E-state index in [1.54, 1.807) is 7.11 Å². The molecule has 0 atom stereocenters. The third-order valence-electron chi connectivity index (χ3n) is 3.23. The normalized spacial score (nSPS) is 11.3. The molecule has 0 fully saturated rings. The highest BCUT2D eigenvalue weighted by Gasteiger charge is 2.04. The molecule has 0 amide bonds. The molecule has 3 N–H and O–H groups in total. The van der Waals surface area contributed by atoms with E-state index >= 15 is 0 Å². The number of aryl methyl sites for hydroxylation is 1. The zero-order chi connectivity index (χ0) is 16.5. The zero-order valence-corrected chi connectivity index (χ0v) is 13.6. The number of guanidine groups is 1. The van der Waals surface area contributed by atoms with Gasteiger partial charge in [-0.15, -0.1) is 0 Å². The van der Waals surface area contributed by atoms with Crippen LogP contribution >= 0.6 is 0 Å². The Balaban J connectivity index is 2.02. The van der Waals surface area contributed by atoms with Gasteiger partial charge in [0.05, 0.1) is 13.2 Å². The smallest absolute Gasteiger partial charge is 0.193 e. The highest BCUT2D eigenvalue weighted by molar-refractivity contribution is 5.92. The van der Waals surface area contributed by atoms with Crippen molar-refractivity contribution >= 4 is 11.6 Å². The van der Waals surface area contributed by atoms with Crippen LogP contribution in [0.5, 0.6) is 5.75 Å². The molecule has 0 saturated carbocycles. The molecule has 2 aromatic rings. The van der Waals surface area contributed by atoms with Crippen molar-refractivity contribution in [2.75, 3.05) is 25.6 Å². The molecule has 0 heterocycles. The predicted octanol–water partition coefficient (Wildman–Crippen LogP) is 2.95. The summed E-state index contributed by atoms with van der Waals surface area (Å²) in [5.41, 5.74) is 8.97. The number of aliphatic imine (C=N–C) groups is 1. The Labute approximate surface area is 137 Å². The van der Waals surface area contributed by atoms with Gasteiger partial charge < -0.3 is 20.5 Å². The van der Waals surface area contributed by atoms with Crippen LogP contribution in [-0.2, 0) is 11.3 Å². The summed E-state index contributed by atoms with van der Waals surface area (Å²) in [7, 11) is 1.65. The summed E-state index contributed by atoms with van der Waals surface area (Å²) >= 11 is 0. The van der Waals surface area contributed by atoms with E-state index < -0.39 is 0 Å². The molecule has 2 aromatic carbocycles. The topological polar surface area (TPSA) is 68.9 Å². The fraction of sp³-hybridized carbons (Fsp3) is 0.278. The number of rotatable bonds is 7. The molecule has 23 heavy (non-hydrogen) atoms. The van der Waals surface area contributed by atoms with Gasteiger partial charge in [0.2, 0.25) is 0 Å². The molecule has 2 rings (SSSR count). The number of nitrogens with two attached hydrogens (primary N) is 1. The predicted molar refractivity (Wildman–Crippen MR) is 93.9 cm³/mol. The summed E-state index contributed by atoms with van der Waals surface area (Å²) in [4.78, 5) is 4.38. The van der Waals surface area contributed by atoms with Crippen LogP contribution in [0.25, 0.3) is 0 Å². The highest BCUT2D eigenvalue weighted by Crippen LogP contribution is 2.21. The molecule has 0 aromatic heterocycles. The van der Waals surface area contributed by atoms with Gasteiger partial charge in [0, 0.05) is 18.4 Å². The molecule has 0 bridgehead atoms. The van der Waals surface area contributed by atoms with Crippen LogP contribution in [0, 0.1) is 6.92 Å². The maximum Gasteiger partial charge on any atom is 0.193 e. The number of hydrogen-bond acceptors (Lipinski definition) is 3. The van der Waals surface area contributed by atoms with Crippen molar-refractivity contribution in [1.29, 1.82) is 0 Å². The fourth-order valence-corrected chi connectivity index (χ4v) is 2.04. The van der Waals surface area contributed by atoms with Crippen LogP contribution < -0.4 is 15.8 Å². The monoisotopic (exact) mass is 313 g/mol. The Kier molecular flexibility index (Phi) is 6.44. The summed E-state index contributed by atoms with van der Waals surface area (Å²) in [6.07, 6.45) is 0. The first-order valence-corrected chi connectivity index (χ1v) is 7.52. The van der Waals surface area contributed by atoms with Gasteiger partial charge in [-0.1, -0.05) is 30.3 Å². The van der Waals surface area contributed by atoms with Crippen LogP contribution in [0.3, 0.4) is 0 Å². The van der Waals surface area contributed by atoms with Gasteiger partial charge >= 0.3 is 0 Å². The van der Waals surface area contributed by atoms with Gasteiger partial charge in [-0.05, 0) is 30.7 Å². The molecule has 5 nitrogen and oxygen atoms in total. The van der Waals surface area contributed by atoms with Crippen molar-refractivity contribution in [2.45, 2.75) is 13.5 Å². The molecule has 0 saturated heterocycles. The van der Waals surface area contributed by atoms with Gasteiger partial charge in [-0.2, -0.15) is 0 Å². The summed E-state index contributed by atoms with van der Waals surface area (Å²) in [6.45, 7) is 3.54. The van der Waals surface area contributed by atoms with Crippen LogP contribution in [0.2, 0.25) is 0 Å². The third kappa shape index (κ3) is 5.64. The minimum atomic E-state index is 0.375. The number of methoxy groups -OCH3 is 1. The van der Waals surface area contributed by atoms with Gasteiger partial charge in [-0.25, -0.2) is 4.99 Å². The maximum atomic E-state index is 5.93. The molecule has 0 spiro atoms. The van der Waals surface area contributed by atoms with Gasteiger partial charge in [0.25, 0.3) is 0 Å². The van der Waals surface area contributed by atoms with E-state index in [9.17, 15) is 0 Å². The molecule has 0 aliphatic carbocycles. The number of hydrogen-bond donors (Lipinski definition) is 2. The lowest BCUT2D eigenvalue weighted by Crippen LogP contribution is -2.22. The van der Waals surface area contributed by atoms with Crippen molar-refractivity contribution in [2.24, 2.45) is 10.7 Å². The van der Waals surface area contributed by atoms with Crippen molar-refractivity contribution in [1.82, 2.24) is 0 Å². The lowest BCUT2D eigenvalue weighted by atomic mass is 10.1. The summed E-state index contributed by atoms with van der Waals surface area (Å²) in [5.74, 6) is 1.19. The molecular formula is C18H23N3O2. The van der Waals surface area contributed by atoms with Gasteiger partial charge in [0.15, 0.2) is 5.96 Å². The molecular weight excluding hydrogens is 290 g/mol. The number of para-hydroxylation sites is 1. The lowest BCUT2D eigenvalue weighted by Gasteiger charge is -2.11. The summed E-state index contributed by atoms with van der Waals surface area (Å²) < 4.78 is 10.8. The third-order valence-corrected chi connectivity index (χ3v) is 3.23. The average Bonchev–Trinajstić information content (AvgIpc) is 2.55. The zero-order valence-electron chi connectivity index (χ0n) is 13.6. The first kappa shape index (κ1) is 16.8. The lowest BCUT2D eigenvalue weighted by molar-refractivity contribution is 0.146. The number of ether oxygens (including phenoxy) is 2. The van der Waals surface area contributed by atoms with Gasteiger partial charge in [-0.3, -0.25) is 0 Å². The van der Waals surface area contributed by atoms with Crippen molar-refractivity contribution in [3.05, 3.63) is 59.7 Å². The van der Waals surface area contributed by atoms with E-state index in [1.807, 2.05) is 55.5 Å². The largest absolute Gasteiger partial charge is 0.491 e. The number of nitrogens with one attached hydrogen (secondary N) is 1. The van der Waals surface area contributed by atoms with E-state index in [0.29, 0.717) is 25.7 Å². The SMILES string of the molecule is COCCOc1cc(C)ccc1CN=C(N)Nc1ccccc1. The standard InChI is InChI=1S/C18H23N3O2/c1-14-8-9-15(17(12-14)23-11-10-22-2)13-20-18(19)21-16-6-4-3-5-7-16/h3-9,12H,10-11,13H2,1-2H3,(H3,19,20,21). The van der Waals surface area contributed by atoms with Crippen molar-refractivity contribution in [3.8, 4) is 5.75 Å². The Morgan fingerprint density at radius 3 is 2.65 bits per heavy atom. The number of benzene rings is 2. The maximum absolute atomic E-state index is 5.93. The Morgan fingerprint density at radius 2 is 1.91 bits per heavy atom. The van der Waals surface area contributed by atoms with Crippen molar-refractivity contribution < 1.29 is 9.47 Å². The van der Waals surface area contributed by atoms with Gasteiger partial charge in [0.1, 0.15) is 12.4 Å². The number of nitrogens with zero attached hydrogens (tertiary/aromatic N) is 1. The van der Waals surface area contributed by atoms with Crippen LogP contribution in [-0.4, -0.2) is 26.3 Å². The summed E-state index contributed by atoms with van der Waals surface area (Å²) in [6, 6.07) is 15.8. The van der Waals surface area contributed by atoms with E-state index in [4.69, 9.17) is 15.2 Å². The summed E-state index contributed by atoms with van der Waals surface area (Å²) in [5, 5.41) is 3.06. The second-order valence-corrected chi connectivity index (χ2v) is 5.14. The van der Waals surface area contributed by atoms with E-state index in [-0.39, 0.29) is 0 Å². The van der Waals surface area contributed by atoms with Crippen LogP contribution in [0.4, 0.5) is 5.69 Å².